The number of hydrogen-bond donors (Lipinski definition) is 1. The molecule has 0 saturated heterocycles. The van der Waals surface area contributed by atoms with Crippen LogP contribution in [0.4, 0.5) is 0 Å². The second-order valence-electron chi connectivity index (χ2n) is 15.1. The number of phenols is 1. The van der Waals surface area contributed by atoms with Crippen LogP contribution in [0, 0.1) is 13.8 Å². The number of fused-ring (bicyclic) bond motifs is 1. The van der Waals surface area contributed by atoms with E-state index in [0.717, 1.165) is 72.5 Å². The minimum absolute atomic E-state index is 0.0761. The van der Waals surface area contributed by atoms with E-state index in [1.165, 1.54) is 5.56 Å². The van der Waals surface area contributed by atoms with Crippen LogP contribution in [0.2, 0.25) is 0 Å². The summed E-state index contributed by atoms with van der Waals surface area (Å²) in [7, 11) is 0. The molecule has 4 heteroatoms. The van der Waals surface area contributed by atoms with E-state index >= 15 is 0 Å². The van der Waals surface area contributed by atoms with E-state index in [0.29, 0.717) is 22.5 Å². The number of hydrogen-bond acceptors (Lipinski definition) is 3. The molecule has 0 bridgehead atoms. The smallest absolute Gasteiger partial charge is 0.149 e. The van der Waals surface area contributed by atoms with E-state index in [1.54, 1.807) is 18.2 Å². The molecule has 60 heavy (non-hydrogen) atoms. The summed E-state index contributed by atoms with van der Waals surface area (Å²) in [5.74, 6) is 0.590. The van der Waals surface area contributed by atoms with Gasteiger partial charge in [0.2, 0.25) is 0 Å². The Morgan fingerprint density at radius 3 is 1.80 bits per heavy atom. The van der Waals surface area contributed by atoms with Gasteiger partial charge in [-0.05, 0) is 125 Å². The Balaban J connectivity index is 1.26. The fraction of sp³-hybridized carbons (Fsp3) is 0.0357. The van der Waals surface area contributed by atoms with Gasteiger partial charge in [-0.25, -0.2) is 4.98 Å². The van der Waals surface area contributed by atoms with Crippen molar-refractivity contribution in [2.24, 2.45) is 0 Å². The Hall–Kier alpha value is -7.82. The van der Waals surface area contributed by atoms with Crippen molar-refractivity contribution in [3.05, 3.63) is 218 Å². The van der Waals surface area contributed by atoms with Gasteiger partial charge in [-0.15, -0.1) is 0 Å². The largest absolute Gasteiger partial charge is 0.507 e. The predicted octanol–water partition coefficient (Wildman–Crippen LogP) is 14.4. The normalized spacial score (nSPS) is 12.2. The number of para-hydroxylation sites is 2. The van der Waals surface area contributed by atoms with Crippen LogP contribution < -0.4 is 0 Å². The van der Waals surface area contributed by atoms with E-state index in [9.17, 15) is 5.11 Å². The fourth-order valence-electron chi connectivity index (χ4n) is 8.14. The van der Waals surface area contributed by atoms with E-state index in [2.05, 4.69) is 78.2 Å². The number of phenolic OH excluding ortho intramolecular Hbond substituents is 1. The third-order valence-corrected chi connectivity index (χ3v) is 11.2. The molecule has 10 aromatic rings. The van der Waals surface area contributed by atoms with E-state index in [4.69, 9.17) is 14.1 Å². The fourth-order valence-corrected chi connectivity index (χ4v) is 8.14. The molecular weight excluding hydrogens is 731 g/mol. The van der Waals surface area contributed by atoms with Gasteiger partial charge in [0.05, 0.1) is 28.0 Å². The van der Waals surface area contributed by atoms with Gasteiger partial charge < -0.3 is 5.11 Å². The molecule has 0 aliphatic heterocycles. The number of rotatable bonds is 8. The molecule has 286 valence electrons. The van der Waals surface area contributed by atoms with Crippen molar-refractivity contribution in [3.63, 3.8) is 0 Å². The molecule has 2 heterocycles. The molecule has 0 fully saturated rings. The van der Waals surface area contributed by atoms with Gasteiger partial charge >= 0.3 is 0 Å². The summed E-state index contributed by atoms with van der Waals surface area (Å²) < 4.78 is 28.2. The van der Waals surface area contributed by atoms with Gasteiger partial charge in [0, 0.05) is 27.0 Å². The Kier molecular flexibility index (Phi) is 8.57. The van der Waals surface area contributed by atoms with Crippen molar-refractivity contribution in [2.45, 2.75) is 13.8 Å². The van der Waals surface area contributed by atoms with Crippen molar-refractivity contribution in [1.29, 1.82) is 0 Å². The third kappa shape index (κ3) is 6.84. The second-order valence-corrected chi connectivity index (χ2v) is 15.1. The van der Waals surface area contributed by atoms with Gasteiger partial charge in [0.1, 0.15) is 11.6 Å². The first-order chi connectivity index (χ1) is 30.7. The SMILES string of the molecule is [2H]C([2H])([2H])c1cc(-c2ccccc2)c(-n2c(-c3ccccc3O)nc3c(-c4cc(-c5ccccc5)cc(-c5cc(-c6ccc(C)cc6)ccn5)c4)cccc32)cc1-c1ccccc1. The zero-order chi connectivity index (χ0) is 43.1. The summed E-state index contributed by atoms with van der Waals surface area (Å²) in [6.45, 7) is -0.318. The van der Waals surface area contributed by atoms with Crippen LogP contribution in [-0.4, -0.2) is 19.6 Å². The first-order valence-electron chi connectivity index (χ1n) is 21.5. The van der Waals surface area contributed by atoms with Crippen molar-refractivity contribution >= 4 is 11.0 Å². The molecule has 2 aromatic heterocycles. The van der Waals surface area contributed by atoms with Crippen LogP contribution >= 0.6 is 0 Å². The minimum Gasteiger partial charge on any atom is -0.507 e. The van der Waals surface area contributed by atoms with Gasteiger partial charge in [-0.2, -0.15) is 0 Å². The van der Waals surface area contributed by atoms with Crippen molar-refractivity contribution in [3.8, 4) is 89.7 Å². The van der Waals surface area contributed by atoms with Crippen LogP contribution in [0.15, 0.2) is 206 Å². The minimum atomic E-state index is -2.41. The Morgan fingerprint density at radius 1 is 0.467 bits per heavy atom. The highest BCUT2D eigenvalue weighted by Gasteiger charge is 2.23. The highest BCUT2D eigenvalue weighted by Crippen LogP contribution is 2.43. The number of aryl methyl sites for hydroxylation is 2. The van der Waals surface area contributed by atoms with Crippen molar-refractivity contribution in [2.75, 3.05) is 0 Å². The quantitative estimate of drug-likeness (QED) is 0.167. The monoisotopic (exact) mass is 774 g/mol. The third-order valence-electron chi connectivity index (χ3n) is 11.2. The zero-order valence-corrected chi connectivity index (χ0v) is 32.9. The van der Waals surface area contributed by atoms with Gasteiger partial charge in [-0.3, -0.25) is 9.55 Å². The molecule has 0 radical (unpaired) electrons. The Morgan fingerprint density at radius 2 is 1.08 bits per heavy atom. The molecule has 10 rings (SSSR count). The number of pyridine rings is 1. The number of imidazole rings is 1. The molecule has 0 amide bonds. The first-order valence-corrected chi connectivity index (χ1v) is 20.0. The molecule has 0 unspecified atom stereocenters. The van der Waals surface area contributed by atoms with Gasteiger partial charge in [0.15, 0.2) is 0 Å². The summed E-state index contributed by atoms with van der Waals surface area (Å²) in [5.41, 5.74) is 15.1. The highest BCUT2D eigenvalue weighted by atomic mass is 16.3. The topological polar surface area (TPSA) is 50.9 Å². The molecule has 0 aliphatic rings. The predicted molar refractivity (Wildman–Crippen MR) is 248 cm³/mol. The molecular formula is C56H41N3O. The Bertz CT molecular complexity index is 3270. The van der Waals surface area contributed by atoms with Crippen molar-refractivity contribution in [1.82, 2.24) is 14.5 Å². The number of benzene rings is 8. The van der Waals surface area contributed by atoms with Crippen LogP contribution in [0.3, 0.4) is 0 Å². The Labute approximate surface area is 354 Å². The maximum atomic E-state index is 11.5. The average molecular weight is 775 g/mol. The lowest BCUT2D eigenvalue weighted by Crippen LogP contribution is -2.02. The number of nitrogens with zero attached hydrogens (tertiary/aromatic N) is 3. The van der Waals surface area contributed by atoms with Crippen LogP contribution in [0.1, 0.15) is 15.2 Å². The molecule has 0 aliphatic carbocycles. The molecule has 0 atom stereocenters. The maximum absolute atomic E-state index is 11.5. The van der Waals surface area contributed by atoms with E-state index < -0.39 is 6.85 Å². The lowest BCUT2D eigenvalue weighted by molar-refractivity contribution is 0.477. The van der Waals surface area contributed by atoms with Crippen LogP contribution in [-0.2, 0) is 0 Å². The number of aromatic nitrogens is 3. The van der Waals surface area contributed by atoms with Crippen molar-refractivity contribution < 1.29 is 9.22 Å². The molecule has 0 spiro atoms. The highest BCUT2D eigenvalue weighted by molar-refractivity contribution is 5.99. The number of aromatic hydroxyl groups is 1. The summed E-state index contributed by atoms with van der Waals surface area (Å²) in [4.78, 5) is 10.3. The van der Waals surface area contributed by atoms with E-state index in [1.807, 2.05) is 121 Å². The van der Waals surface area contributed by atoms with Gasteiger partial charge in [0.25, 0.3) is 0 Å². The standard InChI is InChI=1S/C56H41N3O/c1-37-25-27-40(28-26-37)43-29-30-57-51(35-43)46-33-44(39-15-6-3-7-16-39)32-45(34-46)47-22-14-23-52-55(47)58-56(48-21-12-13-24-54(48)60)59(52)53-36-49(41-17-8-4-9-18-41)38(2)31-50(53)42-19-10-5-11-20-42/h3-36,60H,1-2H3/i2D3. The van der Waals surface area contributed by atoms with E-state index in [-0.39, 0.29) is 11.3 Å². The lowest BCUT2D eigenvalue weighted by Gasteiger charge is -2.19. The maximum Gasteiger partial charge on any atom is 0.149 e. The first kappa shape index (κ1) is 33.2. The summed E-state index contributed by atoms with van der Waals surface area (Å²) >= 11 is 0. The summed E-state index contributed by atoms with van der Waals surface area (Å²) in [5, 5.41) is 11.5. The summed E-state index contributed by atoms with van der Waals surface area (Å²) in [6.07, 6.45) is 1.87. The molecule has 0 saturated carbocycles. The van der Waals surface area contributed by atoms with Gasteiger partial charge in [-0.1, -0.05) is 145 Å². The van der Waals surface area contributed by atoms with Crippen LogP contribution in [0.25, 0.3) is 95.0 Å². The molecule has 1 N–H and O–H groups in total. The second kappa shape index (κ2) is 15.5. The zero-order valence-electron chi connectivity index (χ0n) is 35.9. The molecule has 4 nitrogen and oxygen atoms in total. The summed E-state index contributed by atoms with van der Waals surface area (Å²) in [6, 6.07) is 66.3. The lowest BCUT2D eigenvalue weighted by atomic mass is 9.93. The van der Waals surface area contributed by atoms with Crippen LogP contribution in [0.5, 0.6) is 5.75 Å². The average Bonchev–Trinajstić information content (AvgIpc) is 3.71. The molecule has 8 aromatic carbocycles.